The van der Waals surface area contributed by atoms with Crippen LogP contribution in [0, 0.1) is 5.41 Å². The van der Waals surface area contributed by atoms with E-state index in [2.05, 4.69) is 14.4 Å². The van der Waals surface area contributed by atoms with Crippen LogP contribution in [0.25, 0.3) is 10.2 Å². The number of pyridine rings is 1. The van der Waals surface area contributed by atoms with E-state index in [1.165, 1.54) is 29.2 Å². The molecule has 1 amide bonds. The molecule has 0 bridgehead atoms. The molecule has 0 saturated carbocycles. The highest BCUT2D eigenvalue weighted by molar-refractivity contribution is 7.91. The van der Waals surface area contributed by atoms with Gasteiger partial charge in [0.15, 0.2) is 0 Å². The van der Waals surface area contributed by atoms with Crippen molar-refractivity contribution in [2.45, 2.75) is 29.4 Å². The molecule has 1 aromatic carbocycles. The predicted molar refractivity (Wildman–Crippen MR) is 128 cm³/mol. The molecule has 10 nitrogen and oxygen atoms in total. The van der Waals surface area contributed by atoms with Gasteiger partial charge in [0.2, 0.25) is 5.91 Å². The van der Waals surface area contributed by atoms with Crippen molar-refractivity contribution in [3.8, 4) is 5.75 Å². The zero-order valence-corrected chi connectivity index (χ0v) is 20.9. The average molecular weight is 576 g/mol. The molecule has 0 radical (unpaired) electrons. The number of sulfonamides is 1. The summed E-state index contributed by atoms with van der Waals surface area (Å²) in [6.45, 7) is -0.253. The van der Waals surface area contributed by atoms with Crippen molar-refractivity contribution >= 4 is 60.9 Å². The van der Waals surface area contributed by atoms with Crippen LogP contribution in [0.5, 0.6) is 5.75 Å². The summed E-state index contributed by atoms with van der Waals surface area (Å²) in [5, 5.41) is 7.75. The summed E-state index contributed by atoms with van der Waals surface area (Å²) in [4.78, 5) is 29.6. The standard InChI is InChI=1S/C21H17ClF3N5O5S2/c22-16-4-3-15-13(28-16)8-17(36-15)37(33,34)29-12-5-6-30(19(12)31)9-11-7-10(18(26)27)1-2-14(11)35-20(32)21(23,24)25/h1-4,7-8,12,29H,5-6,9H2,(H3,26,27)/t12-/m0/s1. The summed E-state index contributed by atoms with van der Waals surface area (Å²) in [6.07, 6.45) is -5.17. The third-order valence-corrected chi connectivity index (χ3v) is 8.59. The lowest BCUT2D eigenvalue weighted by Gasteiger charge is -2.20. The van der Waals surface area contributed by atoms with E-state index in [4.69, 9.17) is 22.7 Å². The van der Waals surface area contributed by atoms with E-state index in [9.17, 15) is 31.2 Å². The fraction of sp³-hybridized carbons (Fsp3) is 0.238. The number of nitrogens with two attached hydrogens (primary N) is 1. The fourth-order valence-corrected chi connectivity index (χ4v) is 6.31. The highest BCUT2D eigenvalue weighted by Crippen LogP contribution is 2.30. The van der Waals surface area contributed by atoms with Crippen molar-refractivity contribution in [3.05, 3.63) is 52.7 Å². The van der Waals surface area contributed by atoms with Crippen LogP contribution in [0.2, 0.25) is 5.15 Å². The Labute approximate surface area is 216 Å². The molecule has 16 heteroatoms. The van der Waals surface area contributed by atoms with E-state index >= 15 is 0 Å². The van der Waals surface area contributed by atoms with E-state index in [0.717, 1.165) is 17.4 Å². The molecular formula is C21H17ClF3N5O5S2. The number of hydrogen-bond acceptors (Lipinski definition) is 8. The van der Waals surface area contributed by atoms with Gasteiger partial charge in [-0.15, -0.1) is 11.3 Å². The molecule has 1 aliphatic rings. The fourth-order valence-electron chi connectivity index (χ4n) is 3.59. The molecule has 1 fully saturated rings. The minimum atomic E-state index is -5.25. The highest BCUT2D eigenvalue weighted by atomic mass is 35.5. The number of carbonyl (C=O) groups is 2. The minimum Gasteiger partial charge on any atom is -0.420 e. The molecule has 1 saturated heterocycles. The Balaban J connectivity index is 1.53. The number of fused-ring (bicyclic) bond motifs is 1. The van der Waals surface area contributed by atoms with Crippen molar-refractivity contribution in [2.24, 2.45) is 5.73 Å². The SMILES string of the molecule is N=C(N)c1ccc(OC(=O)C(F)(F)F)c(CN2CC[C@H](NS(=O)(=O)c3cc4nc(Cl)ccc4s3)C2=O)c1. The van der Waals surface area contributed by atoms with Gasteiger partial charge < -0.3 is 15.4 Å². The number of halogens is 4. The van der Waals surface area contributed by atoms with Crippen molar-refractivity contribution in [3.63, 3.8) is 0 Å². The monoisotopic (exact) mass is 575 g/mol. The van der Waals surface area contributed by atoms with Crippen LogP contribution < -0.4 is 15.2 Å². The average Bonchev–Trinajstić information content (AvgIpc) is 3.38. The maximum atomic E-state index is 13.0. The van der Waals surface area contributed by atoms with Gasteiger partial charge in [-0.25, -0.2) is 18.2 Å². The molecule has 3 heterocycles. The Hall–Kier alpha value is -3.27. The Morgan fingerprint density at radius 3 is 2.70 bits per heavy atom. The van der Waals surface area contributed by atoms with E-state index in [-0.39, 0.29) is 40.0 Å². The van der Waals surface area contributed by atoms with Gasteiger partial charge in [-0.2, -0.15) is 17.9 Å². The van der Waals surface area contributed by atoms with Crippen LogP contribution >= 0.6 is 22.9 Å². The smallest absolute Gasteiger partial charge is 0.420 e. The van der Waals surface area contributed by atoms with Crippen molar-refractivity contribution in [2.75, 3.05) is 6.54 Å². The first-order valence-electron chi connectivity index (χ1n) is 10.4. The first-order valence-corrected chi connectivity index (χ1v) is 13.1. The van der Waals surface area contributed by atoms with Crippen LogP contribution in [0.15, 0.2) is 40.6 Å². The summed E-state index contributed by atoms with van der Waals surface area (Å²) in [7, 11) is -4.11. The number of esters is 1. The Kier molecular flexibility index (Phi) is 7.16. The summed E-state index contributed by atoms with van der Waals surface area (Å²) < 4.78 is 71.3. The lowest BCUT2D eigenvalue weighted by atomic mass is 10.1. The van der Waals surface area contributed by atoms with Crippen LogP contribution in [0.4, 0.5) is 13.2 Å². The van der Waals surface area contributed by atoms with Crippen LogP contribution in [-0.4, -0.2) is 54.8 Å². The molecule has 0 unspecified atom stereocenters. The predicted octanol–water partition coefficient (Wildman–Crippen LogP) is 2.78. The molecular weight excluding hydrogens is 559 g/mol. The number of benzene rings is 1. The number of alkyl halides is 3. The first-order chi connectivity index (χ1) is 17.2. The second-order valence-electron chi connectivity index (χ2n) is 7.93. The number of likely N-dealkylation sites (tertiary alicyclic amines) is 1. The number of nitrogens with zero attached hydrogens (tertiary/aromatic N) is 2. The maximum absolute atomic E-state index is 13.0. The maximum Gasteiger partial charge on any atom is 0.491 e. The number of hydrogen-bond donors (Lipinski definition) is 3. The molecule has 37 heavy (non-hydrogen) atoms. The highest BCUT2D eigenvalue weighted by Gasteiger charge is 2.42. The van der Waals surface area contributed by atoms with E-state index in [0.29, 0.717) is 10.2 Å². The minimum absolute atomic E-state index is 0.0189. The topological polar surface area (TPSA) is 156 Å². The number of nitrogen functional groups attached to an aromatic ring is 1. The van der Waals surface area contributed by atoms with Gasteiger partial charge in [0.1, 0.15) is 27.0 Å². The number of aromatic nitrogens is 1. The normalized spacial score (nSPS) is 16.4. The molecule has 1 aliphatic heterocycles. The van der Waals surface area contributed by atoms with Gasteiger partial charge >= 0.3 is 12.1 Å². The van der Waals surface area contributed by atoms with Gasteiger partial charge in [-0.3, -0.25) is 10.2 Å². The zero-order valence-electron chi connectivity index (χ0n) is 18.5. The molecule has 196 valence electrons. The molecule has 4 rings (SSSR count). The number of amidine groups is 1. The Morgan fingerprint density at radius 1 is 1.30 bits per heavy atom. The summed E-state index contributed by atoms with van der Waals surface area (Å²) >= 11 is 6.79. The molecule has 4 N–H and O–H groups in total. The quantitative estimate of drug-likeness (QED) is 0.129. The zero-order chi connectivity index (χ0) is 27.1. The van der Waals surface area contributed by atoms with Crippen LogP contribution in [0.3, 0.4) is 0 Å². The van der Waals surface area contributed by atoms with Gasteiger partial charge in [0, 0.05) is 24.2 Å². The number of nitrogens with one attached hydrogen (secondary N) is 2. The van der Waals surface area contributed by atoms with Crippen LogP contribution in [-0.2, 0) is 26.2 Å². The largest absolute Gasteiger partial charge is 0.491 e. The molecule has 3 aromatic rings. The van der Waals surface area contributed by atoms with E-state index < -0.39 is 45.7 Å². The number of amides is 1. The van der Waals surface area contributed by atoms with Gasteiger partial charge in [-0.1, -0.05) is 11.6 Å². The summed E-state index contributed by atoms with van der Waals surface area (Å²) in [5.41, 5.74) is 5.94. The van der Waals surface area contributed by atoms with Gasteiger partial charge in [0.05, 0.1) is 10.2 Å². The number of ether oxygens (including phenoxy) is 1. The Morgan fingerprint density at radius 2 is 2.03 bits per heavy atom. The van der Waals surface area contributed by atoms with Gasteiger partial charge in [0.25, 0.3) is 10.0 Å². The summed E-state index contributed by atoms with van der Waals surface area (Å²) in [5.74, 6) is -3.96. The second-order valence-corrected chi connectivity index (χ2v) is 11.3. The molecule has 1 atom stereocenters. The van der Waals surface area contributed by atoms with Crippen molar-refractivity contribution in [1.29, 1.82) is 5.41 Å². The van der Waals surface area contributed by atoms with E-state index in [1.54, 1.807) is 6.07 Å². The number of rotatable bonds is 7. The molecule has 0 spiro atoms. The third-order valence-electron chi connectivity index (χ3n) is 5.34. The lowest BCUT2D eigenvalue weighted by Crippen LogP contribution is -2.41. The molecule has 2 aromatic heterocycles. The number of thiophene rings is 1. The second kappa shape index (κ2) is 9.89. The van der Waals surface area contributed by atoms with Crippen molar-refractivity contribution in [1.82, 2.24) is 14.6 Å². The molecule has 0 aliphatic carbocycles. The van der Waals surface area contributed by atoms with Crippen molar-refractivity contribution < 1.29 is 35.9 Å². The third kappa shape index (κ3) is 5.84. The summed E-state index contributed by atoms with van der Waals surface area (Å²) in [6, 6.07) is 6.79. The van der Waals surface area contributed by atoms with E-state index in [1.807, 2.05) is 0 Å². The van der Waals surface area contributed by atoms with Crippen LogP contribution in [0.1, 0.15) is 17.5 Å². The van der Waals surface area contributed by atoms with Gasteiger partial charge in [-0.05, 0) is 42.8 Å². The first kappa shape index (κ1) is 26.8. The Bertz CT molecular complexity index is 1530. The number of carbonyl (C=O) groups excluding carboxylic acids is 2. The lowest BCUT2D eigenvalue weighted by molar-refractivity contribution is -0.189.